The fourth-order valence-corrected chi connectivity index (χ4v) is 12.5. The Bertz CT molecular complexity index is 4570. The zero-order valence-electron chi connectivity index (χ0n) is 76.1. The van der Waals surface area contributed by atoms with Gasteiger partial charge in [0.05, 0.1) is 24.8 Å². The first-order valence-electron chi connectivity index (χ1n) is 43.8. The van der Waals surface area contributed by atoms with E-state index in [-0.39, 0.29) is 17.3 Å². The number of ketones is 3. The molecule has 0 bridgehead atoms. The van der Waals surface area contributed by atoms with E-state index in [4.69, 9.17) is 0 Å². The van der Waals surface area contributed by atoms with Crippen molar-refractivity contribution < 1.29 is 14.4 Å². The highest BCUT2D eigenvalue weighted by molar-refractivity contribution is 5.99. The minimum Gasteiger partial charge on any atom is -0.304 e. The van der Waals surface area contributed by atoms with Gasteiger partial charge in [0.15, 0.2) is 28.6 Å². The van der Waals surface area contributed by atoms with Gasteiger partial charge in [-0.15, -0.1) is 0 Å². The summed E-state index contributed by atoms with van der Waals surface area (Å²) < 4.78 is 5.55. The summed E-state index contributed by atoms with van der Waals surface area (Å²) in [5.41, 5.74) is 16.1. The average molecular weight is 1620 g/mol. The lowest BCUT2D eigenvalue weighted by molar-refractivity contribution is 0.0984. The molecule has 17 nitrogen and oxygen atoms in total. The second-order valence-electron chi connectivity index (χ2n) is 26.4. The Morgan fingerprint density at radius 3 is 0.992 bits per heavy atom. The SMILES string of the molecule is CC.CC.CC.CC.CC.CC.CC.CC.CC.CN1CCN(Cc2ccc(CC(=O)c3cccc(C#Cc4cnc5ccccn45)c3)cc2)CC1.CN1CCN(Cc2ccc(CC(=O)c3cccc(C#Cc4cnc5cccnn45)c3)cc2)CC1.CN1CCN(Cc2ccc(CC(=O)c3cccc(C#Cc4cnc5cnccn45)c3)cc2)CC1. The maximum Gasteiger partial charge on any atom is 0.167 e. The van der Waals surface area contributed by atoms with E-state index in [9.17, 15) is 14.4 Å². The summed E-state index contributed by atoms with van der Waals surface area (Å²) in [6, 6.07) is 57.5. The van der Waals surface area contributed by atoms with Crippen molar-refractivity contribution in [1.29, 1.82) is 0 Å². The Kier molecular flexibility index (Phi) is 49.3. The third kappa shape index (κ3) is 33.1. The Morgan fingerprint density at radius 1 is 0.300 bits per heavy atom. The molecule has 0 aliphatic carbocycles. The predicted octanol–water partition coefficient (Wildman–Crippen LogP) is 19.7. The van der Waals surface area contributed by atoms with Crippen LogP contribution in [-0.4, -0.2) is 185 Å². The van der Waals surface area contributed by atoms with Crippen LogP contribution in [0.15, 0.2) is 225 Å². The number of imidazole rings is 3. The Hall–Kier alpha value is -11.3. The van der Waals surface area contributed by atoms with Gasteiger partial charge >= 0.3 is 0 Å². The molecule has 3 fully saturated rings. The van der Waals surface area contributed by atoms with Gasteiger partial charge < -0.3 is 14.7 Å². The number of aromatic nitrogens is 8. The van der Waals surface area contributed by atoms with Gasteiger partial charge in [0.25, 0.3) is 0 Å². The highest BCUT2D eigenvalue weighted by Crippen LogP contribution is 2.19. The smallest absolute Gasteiger partial charge is 0.167 e. The fraction of sp³-hybridized carbons (Fsp3) is 0.379. The van der Waals surface area contributed by atoms with Gasteiger partial charge in [-0.1, -0.05) is 258 Å². The first-order chi connectivity index (χ1) is 58.9. The summed E-state index contributed by atoms with van der Waals surface area (Å²) in [5, 5.41) is 4.28. The molecule has 120 heavy (non-hydrogen) atoms. The number of fused-ring (bicyclic) bond motifs is 3. The number of rotatable bonds is 15. The van der Waals surface area contributed by atoms with Crippen LogP contribution in [0.2, 0.25) is 0 Å². The number of benzene rings is 6. The molecule has 6 aromatic carbocycles. The van der Waals surface area contributed by atoms with Crippen LogP contribution < -0.4 is 0 Å². The summed E-state index contributed by atoms with van der Waals surface area (Å²) in [6.07, 6.45) is 15.2. The molecule has 0 unspecified atom stereocenters. The van der Waals surface area contributed by atoms with Crippen molar-refractivity contribution in [2.24, 2.45) is 0 Å². The van der Waals surface area contributed by atoms with Gasteiger partial charge in [-0.3, -0.25) is 42.9 Å². The van der Waals surface area contributed by atoms with E-state index in [1.807, 2.05) is 249 Å². The average Bonchev–Trinajstić information content (AvgIpc) is 1.69. The first-order valence-corrected chi connectivity index (χ1v) is 43.8. The molecule has 0 N–H and O–H groups in total. The fourth-order valence-electron chi connectivity index (χ4n) is 12.5. The highest BCUT2D eigenvalue weighted by Gasteiger charge is 2.19. The van der Waals surface area contributed by atoms with Crippen molar-refractivity contribution >= 4 is 34.3 Å². The van der Waals surface area contributed by atoms with Gasteiger partial charge in [-0.05, 0) is 133 Å². The minimum absolute atomic E-state index is 0.0898. The molecular weight excluding hydrogens is 1480 g/mol. The van der Waals surface area contributed by atoms with E-state index in [2.05, 4.69) is 184 Å². The summed E-state index contributed by atoms with van der Waals surface area (Å²) in [5.74, 6) is 19.2. The largest absolute Gasteiger partial charge is 0.304 e. The third-order valence-corrected chi connectivity index (χ3v) is 18.7. The lowest BCUT2D eigenvalue weighted by atomic mass is 10.0. The topological polar surface area (TPSA) is 148 Å². The quantitative estimate of drug-likeness (QED) is 0.0708. The first kappa shape index (κ1) is 101. The molecular formula is C103H136N14O3. The zero-order chi connectivity index (χ0) is 88.0. The van der Waals surface area contributed by atoms with Crippen molar-refractivity contribution in [3.05, 3.63) is 309 Å². The van der Waals surface area contributed by atoms with Crippen LogP contribution in [0.4, 0.5) is 0 Å². The summed E-state index contributed by atoms with van der Waals surface area (Å²) in [7, 11) is 6.52. The molecule has 0 saturated carbocycles. The van der Waals surface area contributed by atoms with Crippen molar-refractivity contribution in [3.63, 3.8) is 0 Å². The number of hydrogen-bond donors (Lipinski definition) is 0. The predicted molar refractivity (Wildman–Crippen MR) is 502 cm³/mol. The number of hydrogen-bond acceptors (Lipinski definition) is 14. The molecule has 0 atom stereocenters. The lowest BCUT2D eigenvalue weighted by Gasteiger charge is -2.32. The summed E-state index contributed by atoms with van der Waals surface area (Å²) >= 11 is 0. The molecule has 3 aliphatic rings. The van der Waals surface area contributed by atoms with Crippen molar-refractivity contribution in [2.75, 3.05) is 99.7 Å². The standard InChI is InChI=1S/C29H28N4O.2C28H27N5O.9C2H6/c1-31-15-17-32(18-16-31)22-25-10-8-24(9-11-25)20-28(34)26-6-4-5-23(19-26)12-13-27-21-30-29-7-2-3-14-33(27)29;1-31-14-16-32(17-15-31)21-24-9-7-23(8-10-24)19-27(34)25-5-2-4-22(18-25)11-12-26-20-29-28-6-3-13-30-33(26)28;1-31-13-15-32(16-14-31)21-24-7-5-23(6-8-24)18-27(34)25-4-2-3-22(17-25)9-10-26-19-30-28-20-29-11-12-33(26)28;9*1-2/h2-11,14,19,21H,15-18,20,22H2,1H3;2-10,13,18,20H,14-17,19,21H2,1H3;2-8,11-12,17,19-20H,13-16,18,21H2,1H3;9*1-2H3. The molecule has 636 valence electrons. The summed E-state index contributed by atoms with van der Waals surface area (Å²) in [6.45, 7) is 52.2. The minimum atomic E-state index is 0.0898. The van der Waals surface area contributed by atoms with Crippen LogP contribution in [0.5, 0.6) is 0 Å². The van der Waals surface area contributed by atoms with E-state index in [1.165, 1.54) is 16.7 Å². The Morgan fingerprint density at radius 2 is 0.617 bits per heavy atom. The molecule has 0 spiro atoms. The maximum absolute atomic E-state index is 12.9. The van der Waals surface area contributed by atoms with E-state index < -0.39 is 0 Å². The van der Waals surface area contributed by atoms with Crippen LogP contribution in [0.3, 0.4) is 0 Å². The van der Waals surface area contributed by atoms with Crippen LogP contribution in [0.25, 0.3) is 16.9 Å². The second-order valence-corrected chi connectivity index (χ2v) is 26.4. The third-order valence-electron chi connectivity index (χ3n) is 18.7. The van der Waals surface area contributed by atoms with Crippen molar-refractivity contribution in [2.45, 2.75) is 164 Å². The van der Waals surface area contributed by atoms with E-state index in [0.29, 0.717) is 41.6 Å². The van der Waals surface area contributed by atoms with Crippen LogP contribution in [-0.2, 0) is 38.9 Å². The van der Waals surface area contributed by atoms with Crippen LogP contribution in [0.1, 0.15) is 223 Å². The van der Waals surface area contributed by atoms with Crippen molar-refractivity contribution in [1.82, 2.24) is 67.8 Å². The molecule has 15 rings (SSSR count). The molecule has 3 saturated heterocycles. The zero-order valence-corrected chi connectivity index (χ0v) is 76.1. The second kappa shape index (κ2) is 58.6. The number of nitrogens with zero attached hydrogens (tertiary/aromatic N) is 14. The maximum atomic E-state index is 12.9. The molecule has 6 aromatic heterocycles. The summed E-state index contributed by atoms with van der Waals surface area (Å²) in [4.78, 5) is 70.4. The number of carbonyl (C=O) groups is 3. The highest BCUT2D eigenvalue weighted by atomic mass is 16.1. The molecule has 0 radical (unpaired) electrons. The van der Waals surface area contributed by atoms with E-state index >= 15 is 0 Å². The number of Topliss-reactive ketones (excluding diaryl/α,β-unsaturated/α-hetero) is 3. The van der Waals surface area contributed by atoms with Crippen LogP contribution in [0, 0.1) is 35.5 Å². The molecule has 9 heterocycles. The number of pyridine rings is 1. The number of piperazine rings is 3. The van der Waals surface area contributed by atoms with Gasteiger partial charge in [-0.2, -0.15) is 5.10 Å². The lowest BCUT2D eigenvalue weighted by Crippen LogP contribution is -2.43. The molecule has 0 amide bonds. The normalized spacial score (nSPS) is 12.9. The molecule has 12 aromatic rings. The molecule has 3 aliphatic heterocycles. The van der Waals surface area contributed by atoms with Gasteiger partial charge in [0.2, 0.25) is 0 Å². The van der Waals surface area contributed by atoms with Gasteiger partial charge in [0, 0.05) is 176 Å². The Balaban J connectivity index is 0.000000345. The number of carbonyl (C=O) groups excluding carboxylic acids is 3. The van der Waals surface area contributed by atoms with E-state index in [1.54, 1.807) is 41.7 Å². The van der Waals surface area contributed by atoms with Gasteiger partial charge in [-0.25, -0.2) is 19.5 Å². The molecule has 17 heteroatoms. The van der Waals surface area contributed by atoms with Gasteiger partial charge in [0.1, 0.15) is 22.7 Å². The Labute approximate surface area is 720 Å². The van der Waals surface area contributed by atoms with Crippen molar-refractivity contribution in [3.8, 4) is 35.5 Å². The number of likely N-dealkylation sites (N-methyl/N-ethyl adjacent to an activating group) is 3. The van der Waals surface area contributed by atoms with E-state index in [0.717, 1.165) is 160 Å². The monoisotopic (exact) mass is 1620 g/mol. The van der Waals surface area contributed by atoms with Crippen LogP contribution >= 0.6 is 0 Å².